The Morgan fingerprint density at radius 1 is 1.04 bits per heavy atom. The number of anilines is 1. The number of esters is 1. The molecule has 10 heteroatoms. The second kappa shape index (κ2) is 9.65. The number of carbonyl (C=O) groups is 2. The molecule has 0 atom stereocenters. The monoisotopic (exact) mass is 429 g/mol. The maximum Gasteiger partial charge on any atom is 0.337 e. The van der Waals surface area contributed by atoms with E-state index >= 15 is 0 Å². The Hall–Kier alpha value is -2.46. The van der Waals surface area contributed by atoms with E-state index in [0.717, 1.165) is 17.1 Å². The number of hydrogen-bond acceptors (Lipinski definition) is 7. The summed E-state index contributed by atoms with van der Waals surface area (Å²) in [6, 6.07) is 5.81. The molecule has 0 bridgehead atoms. The van der Waals surface area contributed by atoms with Gasteiger partial charge in [-0.1, -0.05) is 12.2 Å². The zero-order chi connectivity index (χ0) is 21.5. The average Bonchev–Trinajstić information content (AvgIpc) is 2.64. The summed E-state index contributed by atoms with van der Waals surface area (Å²) in [5, 5.41) is 0. The largest absolute Gasteiger partial charge is 0.465 e. The number of hydrogen-bond donors (Lipinski definition) is 0. The van der Waals surface area contributed by atoms with Crippen LogP contribution in [-0.2, 0) is 29.2 Å². The Morgan fingerprint density at radius 2 is 1.50 bits per heavy atom. The first-order valence-electron chi connectivity index (χ1n) is 8.10. The van der Waals surface area contributed by atoms with Gasteiger partial charge in [0.05, 0.1) is 30.6 Å². The van der Waals surface area contributed by atoms with E-state index in [4.69, 9.17) is 0 Å². The van der Waals surface area contributed by atoms with E-state index in [2.05, 4.69) is 17.9 Å². The molecule has 8 nitrogen and oxygen atoms in total. The first-order chi connectivity index (χ1) is 13.0. The molecule has 0 spiro atoms. The van der Waals surface area contributed by atoms with Crippen LogP contribution in [0.5, 0.6) is 0 Å². The molecule has 0 saturated heterocycles. The molecule has 0 fully saturated rings. The maximum absolute atomic E-state index is 12.6. The van der Waals surface area contributed by atoms with Gasteiger partial charge in [0.15, 0.2) is 24.3 Å². The molecule has 0 radical (unpaired) electrons. The van der Waals surface area contributed by atoms with Gasteiger partial charge in [-0.25, -0.2) is 21.6 Å². The second-order valence-electron chi connectivity index (χ2n) is 5.86. The fraction of sp³-hybridized carbons (Fsp3) is 0.333. The van der Waals surface area contributed by atoms with Crippen LogP contribution in [0.2, 0.25) is 0 Å². The van der Waals surface area contributed by atoms with Gasteiger partial charge in [-0.15, -0.1) is 13.2 Å². The Morgan fingerprint density at radius 3 is 1.89 bits per heavy atom. The number of benzene rings is 1. The van der Waals surface area contributed by atoms with E-state index < -0.39 is 54.1 Å². The number of sulfone groups is 2. The molecule has 0 aromatic heterocycles. The number of nitrogens with zero attached hydrogens (tertiary/aromatic N) is 1. The molecule has 1 aromatic carbocycles. The molecule has 1 aromatic rings. The molecule has 1 rings (SSSR count). The van der Waals surface area contributed by atoms with Crippen LogP contribution in [0, 0.1) is 0 Å². The number of ether oxygens (including phenoxy) is 1. The molecule has 1 amide bonds. The molecular formula is C18H23NO7S2. The van der Waals surface area contributed by atoms with Gasteiger partial charge >= 0.3 is 5.97 Å². The van der Waals surface area contributed by atoms with Gasteiger partial charge in [0.25, 0.3) is 0 Å². The Kier molecular flexibility index (Phi) is 8.13. The molecule has 0 heterocycles. The van der Waals surface area contributed by atoms with Gasteiger partial charge in [0, 0.05) is 12.7 Å². The molecule has 0 aliphatic rings. The predicted octanol–water partition coefficient (Wildman–Crippen LogP) is 1.35. The minimum absolute atomic E-state index is 0.270. The number of methoxy groups -OCH3 is 1. The summed E-state index contributed by atoms with van der Waals surface area (Å²) in [5.74, 6) is -2.40. The van der Waals surface area contributed by atoms with E-state index in [0.29, 0.717) is 5.69 Å². The molecule has 0 aliphatic heterocycles. The lowest BCUT2D eigenvalue weighted by Gasteiger charge is -2.21. The third kappa shape index (κ3) is 5.77. The molecule has 0 N–H and O–H groups in total. The van der Waals surface area contributed by atoms with Crippen LogP contribution < -0.4 is 4.90 Å². The van der Waals surface area contributed by atoms with Crippen molar-refractivity contribution in [2.45, 2.75) is 11.0 Å². The van der Waals surface area contributed by atoms with E-state index in [-0.39, 0.29) is 5.56 Å². The Balaban J connectivity index is 3.15. The van der Waals surface area contributed by atoms with E-state index in [9.17, 15) is 26.4 Å². The highest BCUT2D eigenvalue weighted by atomic mass is 32.3. The number of carbonyl (C=O) groups excluding carboxylic acids is 2. The van der Waals surface area contributed by atoms with Crippen LogP contribution in [0.4, 0.5) is 5.69 Å². The van der Waals surface area contributed by atoms with Crippen LogP contribution in [0.15, 0.2) is 49.6 Å². The van der Waals surface area contributed by atoms with Crippen molar-refractivity contribution in [1.82, 2.24) is 0 Å². The summed E-state index contributed by atoms with van der Waals surface area (Å²) in [5.41, 5.74) is 0.630. The van der Waals surface area contributed by atoms with E-state index in [1.807, 2.05) is 0 Å². The zero-order valence-corrected chi connectivity index (χ0v) is 17.3. The van der Waals surface area contributed by atoms with Crippen LogP contribution in [0.25, 0.3) is 0 Å². The van der Waals surface area contributed by atoms with Gasteiger partial charge in [-0.05, 0) is 24.3 Å². The summed E-state index contributed by atoms with van der Waals surface area (Å²) >= 11 is 0. The van der Waals surface area contributed by atoms with E-state index in [1.54, 1.807) is 0 Å². The molecule has 154 valence electrons. The van der Waals surface area contributed by atoms with Crippen LogP contribution >= 0.6 is 0 Å². The van der Waals surface area contributed by atoms with Crippen molar-refractivity contribution >= 4 is 37.2 Å². The van der Waals surface area contributed by atoms with Gasteiger partial charge < -0.3 is 9.64 Å². The number of rotatable bonds is 10. The van der Waals surface area contributed by atoms with Crippen molar-refractivity contribution in [3.63, 3.8) is 0 Å². The fourth-order valence-electron chi connectivity index (χ4n) is 2.38. The summed E-state index contributed by atoms with van der Waals surface area (Å²) in [4.78, 5) is 25.2. The van der Waals surface area contributed by atoms with Gasteiger partial charge in [-0.3, -0.25) is 4.79 Å². The lowest BCUT2D eigenvalue weighted by molar-refractivity contribution is -0.118. The van der Waals surface area contributed by atoms with Crippen LogP contribution in [0.3, 0.4) is 0 Å². The van der Waals surface area contributed by atoms with Crippen molar-refractivity contribution in [1.29, 1.82) is 0 Å². The lowest BCUT2D eigenvalue weighted by Crippen LogP contribution is -2.39. The normalized spacial score (nSPS) is 11.7. The highest BCUT2D eigenvalue weighted by molar-refractivity contribution is 8.09. The van der Waals surface area contributed by atoms with Crippen molar-refractivity contribution in [3.8, 4) is 0 Å². The molecule has 0 saturated carbocycles. The third-order valence-electron chi connectivity index (χ3n) is 3.89. The minimum atomic E-state index is -4.15. The molecule has 0 unspecified atom stereocenters. The van der Waals surface area contributed by atoms with Crippen LogP contribution in [-0.4, -0.2) is 59.0 Å². The molecule has 0 aliphatic carbocycles. The highest BCUT2D eigenvalue weighted by Crippen LogP contribution is 2.21. The predicted molar refractivity (Wildman–Crippen MR) is 108 cm³/mol. The average molecular weight is 430 g/mol. The Bertz CT molecular complexity index is 908. The van der Waals surface area contributed by atoms with Gasteiger partial charge in [0.1, 0.15) is 0 Å². The third-order valence-corrected chi connectivity index (χ3v) is 8.99. The van der Waals surface area contributed by atoms with Gasteiger partial charge in [0.2, 0.25) is 5.91 Å². The standard InChI is InChI=1S/C18H23NO7S2/c1-5-11-27(22,23)17(28(24,25)12-6-2)13-16(20)19(3)15-9-7-14(8-10-15)18(21)26-4/h5-10,17H,1-2,11-13H2,3-4H3. The second-order valence-corrected chi connectivity index (χ2v) is 10.6. The summed E-state index contributed by atoms with van der Waals surface area (Å²) in [7, 11) is -5.68. The SMILES string of the molecule is C=CCS(=O)(=O)C(CC(=O)N(C)c1ccc(C(=O)OC)cc1)S(=O)(=O)CC=C. The summed E-state index contributed by atoms with van der Waals surface area (Å²) in [6.45, 7) is 6.64. The van der Waals surface area contributed by atoms with E-state index in [1.165, 1.54) is 38.4 Å². The molecule has 28 heavy (non-hydrogen) atoms. The lowest BCUT2D eigenvalue weighted by atomic mass is 10.2. The van der Waals surface area contributed by atoms with Crippen molar-refractivity contribution in [2.24, 2.45) is 0 Å². The Labute approximate surface area is 165 Å². The summed E-state index contributed by atoms with van der Waals surface area (Å²) < 4.78 is 52.3. The van der Waals surface area contributed by atoms with Crippen LogP contribution in [0.1, 0.15) is 16.8 Å². The first kappa shape index (κ1) is 23.6. The maximum atomic E-state index is 12.6. The minimum Gasteiger partial charge on any atom is -0.465 e. The summed E-state index contributed by atoms with van der Waals surface area (Å²) in [6.07, 6.45) is 1.40. The number of amides is 1. The van der Waals surface area contributed by atoms with Crippen molar-refractivity contribution in [2.75, 3.05) is 30.6 Å². The smallest absolute Gasteiger partial charge is 0.337 e. The highest BCUT2D eigenvalue weighted by Gasteiger charge is 2.38. The van der Waals surface area contributed by atoms with Gasteiger partial charge in [-0.2, -0.15) is 0 Å². The molecular weight excluding hydrogens is 406 g/mol. The quantitative estimate of drug-likeness (QED) is 0.407. The topological polar surface area (TPSA) is 115 Å². The van der Waals surface area contributed by atoms with Crippen molar-refractivity contribution < 1.29 is 31.2 Å². The first-order valence-corrected chi connectivity index (χ1v) is 11.5. The fourth-order valence-corrected chi connectivity index (χ4v) is 6.52. The zero-order valence-electron chi connectivity index (χ0n) is 15.7. The van der Waals surface area contributed by atoms with Crippen molar-refractivity contribution in [3.05, 3.63) is 55.1 Å².